The third-order valence-corrected chi connectivity index (χ3v) is 4.33. The van der Waals surface area contributed by atoms with E-state index < -0.39 is 5.54 Å². The first kappa shape index (κ1) is 16.0. The fourth-order valence-corrected chi connectivity index (χ4v) is 2.93. The number of nitrogens with one attached hydrogen (secondary N) is 1. The second kappa shape index (κ2) is 6.92. The van der Waals surface area contributed by atoms with Crippen LogP contribution < -0.4 is 5.32 Å². The Balaban J connectivity index is 2.83. The van der Waals surface area contributed by atoms with E-state index in [9.17, 15) is 9.59 Å². The maximum absolute atomic E-state index is 12.4. The standard InChI is InChI=1S/C15H28N2O2/c1-5-8-9-10-11-17-13(18)12(4)16-14(19)15(17,6-2)7-3/h12H,5-11H2,1-4H3,(H,16,19). The topological polar surface area (TPSA) is 49.4 Å². The lowest BCUT2D eigenvalue weighted by Crippen LogP contribution is -2.69. The summed E-state index contributed by atoms with van der Waals surface area (Å²) in [7, 11) is 0. The van der Waals surface area contributed by atoms with Crippen molar-refractivity contribution < 1.29 is 9.59 Å². The van der Waals surface area contributed by atoms with Gasteiger partial charge in [-0.25, -0.2) is 0 Å². The molecule has 4 heteroatoms. The lowest BCUT2D eigenvalue weighted by Gasteiger charge is -2.47. The van der Waals surface area contributed by atoms with Gasteiger partial charge in [0.05, 0.1) is 0 Å². The minimum atomic E-state index is -0.629. The molecule has 1 unspecified atom stereocenters. The van der Waals surface area contributed by atoms with Crippen LogP contribution in [0.5, 0.6) is 0 Å². The lowest BCUT2D eigenvalue weighted by molar-refractivity contribution is -0.157. The van der Waals surface area contributed by atoms with Crippen molar-refractivity contribution >= 4 is 11.8 Å². The zero-order chi connectivity index (χ0) is 14.5. The van der Waals surface area contributed by atoms with Gasteiger partial charge >= 0.3 is 0 Å². The second-order valence-electron chi connectivity index (χ2n) is 5.48. The number of carbonyl (C=O) groups excluding carboxylic acids is 2. The van der Waals surface area contributed by atoms with Crippen molar-refractivity contribution in [2.75, 3.05) is 6.54 Å². The number of hydrogen-bond acceptors (Lipinski definition) is 2. The Hall–Kier alpha value is -1.06. The summed E-state index contributed by atoms with van der Waals surface area (Å²) < 4.78 is 0. The molecule has 0 bridgehead atoms. The number of unbranched alkanes of at least 4 members (excludes halogenated alkanes) is 3. The molecule has 1 heterocycles. The molecule has 1 atom stereocenters. The maximum atomic E-state index is 12.4. The van der Waals surface area contributed by atoms with Crippen LogP contribution in [0.15, 0.2) is 0 Å². The van der Waals surface area contributed by atoms with Crippen molar-refractivity contribution in [3.8, 4) is 0 Å². The SMILES string of the molecule is CCCCCCN1C(=O)C(C)NC(=O)C1(CC)CC. The van der Waals surface area contributed by atoms with Gasteiger partial charge in [0, 0.05) is 6.54 Å². The highest BCUT2D eigenvalue weighted by molar-refractivity contribution is 5.99. The largest absolute Gasteiger partial charge is 0.343 e. The monoisotopic (exact) mass is 268 g/mol. The van der Waals surface area contributed by atoms with Crippen LogP contribution in [0, 0.1) is 0 Å². The van der Waals surface area contributed by atoms with Gasteiger partial charge in [0.15, 0.2) is 0 Å². The third-order valence-electron chi connectivity index (χ3n) is 4.33. The summed E-state index contributed by atoms with van der Waals surface area (Å²) in [6.45, 7) is 8.63. The van der Waals surface area contributed by atoms with Gasteiger partial charge in [0.1, 0.15) is 11.6 Å². The van der Waals surface area contributed by atoms with Crippen LogP contribution in [-0.4, -0.2) is 34.8 Å². The van der Waals surface area contributed by atoms with Gasteiger partial charge in [0.2, 0.25) is 11.8 Å². The third kappa shape index (κ3) is 3.10. The normalized spacial score (nSPS) is 22.5. The molecule has 0 saturated carbocycles. The van der Waals surface area contributed by atoms with E-state index in [4.69, 9.17) is 0 Å². The quantitative estimate of drug-likeness (QED) is 0.721. The van der Waals surface area contributed by atoms with Gasteiger partial charge in [-0.3, -0.25) is 9.59 Å². The number of amides is 2. The van der Waals surface area contributed by atoms with Crippen molar-refractivity contribution in [2.45, 2.75) is 77.8 Å². The molecule has 1 aliphatic heterocycles. The van der Waals surface area contributed by atoms with Crippen molar-refractivity contribution in [2.24, 2.45) is 0 Å². The van der Waals surface area contributed by atoms with Gasteiger partial charge in [0.25, 0.3) is 0 Å². The maximum Gasteiger partial charge on any atom is 0.246 e. The van der Waals surface area contributed by atoms with Crippen molar-refractivity contribution in [1.82, 2.24) is 10.2 Å². The van der Waals surface area contributed by atoms with E-state index in [-0.39, 0.29) is 17.9 Å². The molecule has 0 radical (unpaired) electrons. The van der Waals surface area contributed by atoms with Crippen LogP contribution in [0.1, 0.15) is 66.2 Å². The Morgan fingerprint density at radius 2 is 1.74 bits per heavy atom. The van der Waals surface area contributed by atoms with E-state index in [2.05, 4.69) is 12.2 Å². The Morgan fingerprint density at radius 1 is 1.11 bits per heavy atom. The highest BCUT2D eigenvalue weighted by atomic mass is 16.2. The van der Waals surface area contributed by atoms with Gasteiger partial charge < -0.3 is 10.2 Å². The molecule has 1 saturated heterocycles. The Labute approximate surface area is 116 Å². The van der Waals surface area contributed by atoms with Crippen LogP contribution in [-0.2, 0) is 9.59 Å². The Morgan fingerprint density at radius 3 is 2.26 bits per heavy atom. The molecule has 0 aromatic rings. The summed E-state index contributed by atoms with van der Waals surface area (Å²) >= 11 is 0. The number of rotatable bonds is 7. The minimum Gasteiger partial charge on any atom is -0.343 e. The van der Waals surface area contributed by atoms with E-state index in [0.717, 1.165) is 12.8 Å². The van der Waals surface area contributed by atoms with Crippen LogP contribution in [0.4, 0.5) is 0 Å². The van der Waals surface area contributed by atoms with E-state index in [1.807, 2.05) is 18.7 Å². The first-order valence-electron chi connectivity index (χ1n) is 7.65. The molecule has 0 aromatic heterocycles. The molecule has 0 aliphatic carbocycles. The van der Waals surface area contributed by atoms with Crippen LogP contribution in [0.3, 0.4) is 0 Å². The molecule has 4 nitrogen and oxygen atoms in total. The van der Waals surface area contributed by atoms with E-state index in [1.54, 1.807) is 6.92 Å². The van der Waals surface area contributed by atoms with Gasteiger partial charge in [-0.1, -0.05) is 40.0 Å². The zero-order valence-corrected chi connectivity index (χ0v) is 12.8. The summed E-state index contributed by atoms with van der Waals surface area (Å²) in [5, 5.41) is 2.82. The molecule has 19 heavy (non-hydrogen) atoms. The predicted octanol–water partition coefficient (Wildman–Crippen LogP) is 2.47. The van der Waals surface area contributed by atoms with Gasteiger partial charge in [-0.05, 0) is 26.2 Å². The molecule has 1 fully saturated rings. The van der Waals surface area contributed by atoms with Crippen LogP contribution in [0.25, 0.3) is 0 Å². The first-order valence-corrected chi connectivity index (χ1v) is 7.65. The summed E-state index contributed by atoms with van der Waals surface area (Å²) in [4.78, 5) is 26.5. The molecular weight excluding hydrogens is 240 g/mol. The molecule has 0 spiro atoms. The Kier molecular flexibility index (Phi) is 5.83. The highest BCUT2D eigenvalue weighted by Crippen LogP contribution is 2.29. The number of hydrogen-bond donors (Lipinski definition) is 1. The molecule has 1 aliphatic rings. The smallest absolute Gasteiger partial charge is 0.246 e. The van der Waals surface area contributed by atoms with Gasteiger partial charge in [-0.2, -0.15) is 0 Å². The Bertz CT molecular complexity index is 324. The lowest BCUT2D eigenvalue weighted by atomic mass is 9.85. The van der Waals surface area contributed by atoms with Crippen molar-refractivity contribution in [3.63, 3.8) is 0 Å². The second-order valence-corrected chi connectivity index (χ2v) is 5.48. The van der Waals surface area contributed by atoms with Crippen LogP contribution in [0.2, 0.25) is 0 Å². The summed E-state index contributed by atoms with van der Waals surface area (Å²) in [5.41, 5.74) is -0.629. The fraction of sp³-hybridized carbons (Fsp3) is 0.867. The molecule has 1 N–H and O–H groups in total. The minimum absolute atomic E-state index is 0.0140. The van der Waals surface area contributed by atoms with Crippen LogP contribution >= 0.6 is 0 Å². The van der Waals surface area contributed by atoms with E-state index in [1.165, 1.54) is 12.8 Å². The van der Waals surface area contributed by atoms with E-state index in [0.29, 0.717) is 19.4 Å². The first-order chi connectivity index (χ1) is 9.03. The summed E-state index contributed by atoms with van der Waals surface area (Å²) in [6, 6.07) is -0.384. The number of piperazine rings is 1. The molecular formula is C15H28N2O2. The van der Waals surface area contributed by atoms with Crippen molar-refractivity contribution in [3.05, 3.63) is 0 Å². The number of carbonyl (C=O) groups is 2. The van der Waals surface area contributed by atoms with Gasteiger partial charge in [-0.15, -0.1) is 0 Å². The van der Waals surface area contributed by atoms with Crippen molar-refractivity contribution in [1.29, 1.82) is 0 Å². The fourth-order valence-electron chi connectivity index (χ4n) is 2.93. The average Bonchev–Trinajstić information content (AvgIpc) is 2.40. The highest BCUT2D eigenvalue weighted by Gasteiger charge is 2.48. The summed E-state index contributed by atoms with van der Waals surface area (Å²) in [5.74, 6) is 0.0832. The summed E-state index contributed by atoms with van der Waals surface area (Å²) in [6.07, 6.45) is 5.84. The van der Waals surface area contributed by atoms with E-state index >= 15 is 0 Å². The number of nitrogens with zero attached hydrogens (tertiary/aromatic N) is 1. The zero-order valence-electron chi connectivity index (χ0n) is 12.8. The average molecular weight is 268 g/mol. The predicted molar refractivity (Wildman–Crippen MR) is 76.8 cm³/mol. The molecule has 110 valence electrons. The molecule has 2 amide bonds. The molecule has 0 aromatic carbocycles. The molecule has 1 rings (SSSR count).